The molecule has 90 valence electrons. The minimum Gasteiger partial charge on any atom is -0.494 e. The Kier molecular flexibility index (Phi) is 7.26. The van der Waals surface area contributed by atoms with Crippen LogP contribution < -0.4 is 10.5 Å². The number of halogens is 1. The summed E-state index contributed by atoms with van der Waals surface area (Å²) in [6.45, 7) is 1.40. The van der Waals surface area contributed by atoms with E-state index in [4.69, 9.17) is 10.5 Å². The predicted octanol–water partition coefficient (Wildman–Crippen LogP) is 3.48. The van der Waals surface area contributed by atoms with Crippen molar-refractivity contribution in [3.8, 4) is 5.75 Å². The molecule has 3 heteroatoms. The summed E-state index contributed by atoms with van der Waals surface area (Å²) in [5, 5.41) is 1.11. The van der Waals surface area contributed by atoms with Gasteiger partial charge in [-0.05, 0) is 30.5 Å². The van der Waals surface area contributed by atoms with E-state index in [1.807, 2.05) is 24.3 Å². The summed E-state index contributed by atoms with van der Waals surface area (Å²) in [5.41, 5.74) is 6.67. The molecule has 1 aromatic carbocycles. The molecule has 0 aliphatic rings. The summed E-state index contributed by atoms with van der Waals surface area (Å²) in [6.07, 6.45) is 4.91. The molecule has 0 fully saturated rings. The molecule has 1 rings (SSSR count). The first-order valence-corrected chi connectivity index (χ1v) is 6.96. The summed E-state index contributed by atoms with van der Waals surface area (Å²) in [4.78, 5) is 0. The quantitative estimate of drug-likeness (QED) is 0.586. The van der Waals surface area contributed by atoms with Crippen LogP contribution in [0.5, 0.6) is 5.75 Å². The second-order valence-electron chi connectivity index (χ2n) is 3.80. The lowest BCUT2D eigenvalue weighted by Crippen LogP contribution is -1.99. The van der Waals surface area contributed by atoms with E-state index < -0.39 is 0 Å². The van der Waals surface area contributed by atoms with Gasteiger partial charge in [-0.15, -0.1) is 0 Å². The number of hydrogen-bond donors (Lipinski definition) is 1. The first-order chi connectivity index (χ1) is 7.86. The van der Waals surface area contributed by atoms with Gasteiger partial charge in [0.25, 0.3) is 0 Å². The van der Waals surface area contributed by atoms with Crippen LogP contribution in [0.25, 0.3) is 0 Å². The molecule has 0 atom stereocenters. The lowest BCUT2D eigenvalue weighted by Gasteiger charge is -2.06. The number of ether oxygens (including phenoxy) is 1. The molecule has 0 spiro atoms. The highest BCUT2D eigenvalue weighted by molar-refractivity contribution is 9.09. The minimum atomic E-state index is 0.590. The molecule has 0 aliphatic carbocycles. The van der Waals surface area contributed by atoms with Crippen LogP contribution in [0.1, 0.15) is 31.2 Å². The van der Waals surface area contributed by atoms with Crippen molar-refractivity contribution in [3.63, 3.8) is 0 Å². The second-order valence-corrected chi connectivity index (χ2v) is 4.59. The van der Waals surface area contributed by atoms with Gasteiger partial charge in [0.1, 0.15) is 5.75 Å². The Labute approximate surface area is 106 Å². The molecule has 0 amide bonds. The summed E-state index contributed by atoms with van der Waals surface area (Å²) in [7, 11) is 0. The highest BCUT2D eigenvalue weighted by atomic mass is 79.9. The standard InChI is InChI=1S/C13H20BrNO/c14-9-3-1-2-4-10-16-13-7-5-12(11-15)6-8-13/h5-8H,1-4,9-11,15H2. The highest BCUT2D eigenvalue weighted by Crippen LogP contribution is 2.12. The molecular formula is C13H20BrNO. The molecule has 0 bridgehead atoms. The van der Waals surface area contributed by atoms with Gasteiger partial charge in [0.15, 0.2) is 0 Å². The fourth-order valence-corrected chi connectivity index (χ4v) is 1.86. The highest BCUT2D eigenvalue weighted by Gasteiger charge is 1.94. The Hall–Kier alpha value is -0.540. The number of rotatable bonds is 8. The summed E-state index contributed by atoms with van der Waals surface area (Å²) in [5.74, 6) is 0.942. The van der Waals surface area contributed by atoms with Crippen molar-refractivity contribution in [3.05, 3.63) is 29.8 Å². The molecular weight excluding hydrogens is 266 g/mol. The number of nitrogens with two attached hydrogens (primary N) is 1. The average Bonchev–Trinajstić information content (AvgIpc) is 2.34. The topological polar surface area (TPSA) is 35.2 Å². The Morgan fingerprint density at radius 3 is 2.31 bits per heavy atom. The molecule has 0 aromatic heterocycles. The Morgan fingerprint density at radius 2 is 1.69 bits per heavy atom. The summed E-state index contributed by atoms with van der Waals surface area (Å²) >= 11 is 3.43. The maximum atomic E-state index is 5.63. The smallest absolute Gasteiger partial charge is 0.119 e. The van der Waals surface area contributed by atoms with Gasteiger partial charge in [0.05, 0.1) is 6.61 Å². The largest absolute Gasteiger partial charge is 0.494 e. The Bertz CT molecular complexity index is 274. The lowest BCUT2D eigenvalue weighted by molar-refractivity contribution is 0.305. The number of benzene rings is 1. The van der Waals surface area contributed by atoms with Crippen molar-refractivity contribution in [1.82, 2.24) is 0 Å². The third-order valence-corrected chi connectivity index (χ3v) is 3.02. The summed E-state index contributed by atoms with van der Waals surface area (Å²) < 4.78 is 5.63. The van der Waals surface area contributed by atoms with Gasteiger partial charge in [-0.2, -0.15) is 0 Å². The SMILES string of the molecule is NCc1ccc(OCCCCCCBr)cc1. The van der Waals surface area contributed by atoms with Crippen molar-refractivity contribution in [2.24, 2.45) is 5.73 Å². The first-order valence-electron chi connectivity index (χ1n) is 5.84. The van der Waals surface area contributed by atoms with Crippen LogP contribution in [0.4, 0.5) is 0 Å². The average molecular weight is 286 g/mol. The van der Waals surface area contributed by atoms with Gasteiger partial charge in [0.2, 0.25) is 0 Å². The van der Waals surface area contributed by atoms with Crippen LogP contribution in [0, 0.1) is 0 Å². The number of alkyl halides is 1. The Balaban J connectivity index is 2.12. The molecule has 1 aromatic rings. The van der Waals surface area contributed by atoms with Gasteiger partial charge < -0.3 is 10.5 Å². The number of unbranched alkanes of at least 4 members (excludes halogenated alkanes) is 3. The maximum Gasteiger partial charge on any atom is 0.119 e. The molecule has 0 radical (unpaired) electrons. The molecule has 0 unspecified atom stereocenters. The number of hydrogen-bond acceptors (Lipinski definition) is 2. The normalized spacial score (nSPS) is 10.4. The molecule has 16 heavy (non-hydrogen) atoms. The Morgan fingerprint density at radius 1 is 1.00 bits per heavy atom. The molecule has 0 heterocycles. The van der Waals surface area contributed by atoms with Gasteiger partial charge in [-0.1, -0.05) is 40.9 Å². The zero-order valence-electron chi connectivity index (χ0n) is 9.62. The zero-order valence-corrected chi connectivity index (χ0v) is 11.2. The van der Waals surface area contributed by atoms with E-state index in [0.29, 0.717) is 6.54 Å². The molecule has 0 aliphatic heterocycles. The van der Waals surface area contributed by atoms with E-state index in [-0.39, 0.29) is 0 Å². The molecule has 0 saturated carbocycles. The van der Waals surface area contributed by atoms with Gasteiger partial charge >= 0.3 is 0 Å². The fraction of sp³-hybridized carbons (Fsp3) is 0.538. The lowest BCUT2D eigenvalue weighted by atomic mass is 10.2. The maximum absolute atomic E-state index is 5.63. The fourth-order valence-electron chi connectivity index (χ4n) is 1.46. The first kappa shape index (κ1) is 13.5. The van der Waals surface area contributed by atoms with E-state index in [0.717, 1.165) is 29.7 Å². The third-order valence-electron chi connectivity index (χ3n) is 2.46. The van der Waals surface area contributed by atoms with Crippen molar-refractivity contribution in [2.75, 3.05) is 11.9 Å². The van der Waals surface area contributed by atoms with E-state index in [9.17, 15) is 0 Å². The van der Waals surface area contributed by atoms with Gasteiger partial charge in [-0.25, -0.2) is 0 Å². The predicted molar refractivity (Wildman–Crippen MR) is 72.1 cm³/mol. The third kappa shape index (κ3) is 5.52. The minimum absolute atomic E-state index is 0.590. The van der Waals surface area contributed by atoms with Crippen molar-refractivity contribution in [1.29, 1.82) is 0 Å². The van der Waals surface area contributed by atoms with Crippen LogP contribution in [-0.2, 0) is 6.54 Å². The van der Waals surface area contributed by atoms with E-state index in [1.165, 1.54) is 19.3 Å². The van der Waals surface area contributed by atoms with Gasteiger partial charge in [-0.3, -0.25) is 0 Å². The van der Waals surface area contributed by atoms with Crippen LogP contribution in [0.2, 0.25) is 0 Å². The van der Waals surface area contributed by atoms with Gasteiger partial charge in [0, 0.05) is 11.9 Å². The molecule has 0 saturated heterocycles. The van der Waals surface area contributed by atoms with E-state index in [1.54, 1.807) is 0 Å². The van der Waals surface area contributed by atoms with Crippen molar-refractivity contribution in [2.45, 2.75) is 32.2 Å². The zero-order chi connectivity index (χ0) is 11.6. The van der Waals surface area contributed by atoms with Crippen LogP contribution in [-0.4, -0.2) is 11.9 Å². The van der Waals surface area contributed by atoms with E-state index >= 15 is 0 Å². The monoisotopic (exact) mass is 285 g/mol. The summed E-state index contributed by atoms with van der Waals surface area (Å²) in [6, 6.07) is 8.00. The van der Waals surface area contributed by atoms with E-state index in [2.05, 4.69) is 15.9 Å². The van der Waals surface area contributed by atoms with Crippen LogP contribution in [0.15, 0.2) is 24.3 Å². The van der Waals surface area contributed by atoms with Crippen molar-refractivity contribution >= 4 is 15.9 Å². The van der Waals surface area contributed by atoms with Crippen molar-refractivity contribution < 1.29 is 4.74 Å². The molecule has 2 N–H and O–H groups in total. The van der Waals surface area contributed by atoms with Crippen LogP contribution >= 0.6 is 15.9 Å². The second kappa shape index (κ2) is 8.59. The van der Waals surface area contributed by atoms with Crippen LogP contribution in [0.3, 0.4) is 0 Å². The molecule has 2 nitrogen and oxygen atoms in total.